The lowest BCUT2D eigenvalue weighted by molar-refractivity contribution is -0.111. The quantitative estimate of drug-likeness (QED) is 0.658. The molecule has 20 heavy (non-hydrogen) atoms. The molecule has 2 aromatic rings. The van der Waals surface area contributed by atoms with E-state index in [1.807, 2.05) is 12.1 Å². The van der Waals surface area contributed by atoms with Crippen molar-refractivity contribution in [3.05, 3.63) is 56.7 Å². The van der Waals surface area contributed by atoms with E-state index in [0.29, 0.717) is 11.3 Å². The summed E-state index contributed by atoms with van der Waals surface area (Å²) in [5.41, 5.74) is 1.29. The third-order valence-electron chi connectivity index (χ3n) is 2.55. The number of hydrogen-bond donors (Lipinski definition) is 1. The maximum atomic E-state index is 11.7. The topological polar surface area (TPSA) is 46.2 Å². The first kappa shape index (κ1) is 14.7. The first-order chi connectivity index (χ1) is 9.54. The van der Waals surface area contributed by atoms with E-state index in [2.05, 4.69) is 21.2 Å². The van der Waals surface area contributed by atoms with Crippen molar-refractivity contribution in [3.63, 3.8) is 0 Å². The zero-order valence-corrected chi connectivity index (χ0v) is 13.1. The molecular weight excluding hydrogens is 338 g/mol. The maximum absolute atomic E-state index is 11.7. The van der Waals surface area contributed by atoms with Crippen molar-refractivity contribution >= 4 is 50.7 Å². The lowest BCUT2D eigenvalue weighted by Gasteiger charge is -2.02. The highest BCUT2D eigenvalue weighted by atomic mass is 79.9. The fourth-order valence-corrected chi connectivity index (χ4v) is 2.87. The number of benzene rings is 1. The van der Waals surface area contributed by atoms with Crippen molar-refractivity contribution in [1.82, 2.24) is 0 Å². The van der Waals surface area contributed by atoms with Crippen LogP contribution in [0, 0.1) is 0 Å². The third-order valence-corrected chi connectivity index (χ3v) is 4.14. The fourth-order valence-electron chi connectivity index (χ4n) is 1.55. The number of ketones is 1. The van der Waals surface area contributed by atoms with Crippen molar-refractivity contribution in [2.45, 2.75) is 6.92 Å². The molecule has 102 valence electrons. The Morgan fingerprint density at radius 2 is 1.85 bits per heavy atom. The zero-order valence-electron chi connectivity index (χ0n) is 10.7. The van der Waals surface area contributed by atoms with E-state index in [4.69, 9.17) is 0 Å². The van der Waals surface area contributed by atoms with Gasteiger partial charge in [-0.15, -0.1) is 11.3 Å². The second-order valence-electron chi connectivity index (χ2n) is 4.10. The molecule has 0 unspecified atom stereocenters. The zero-order chi connectivity index (χ0) is 14.5. The Kier molecular flexibility index (Phi) is 4.87. The summed E-state index contributed by atoms with van der Waals surface area (Å²) in [6.45, 7) is 1.51. The van der Waals surface area contributed by atoms with E-state index < -0.39 is 0 Å². The monoisotopic (exact) mass is 349 g/mol. The number of Topliss-reactive ketones (excluding diaryl/α,β-unsaturated/α-hetero) is 1. The molecule has 0 saturated heterocycles. The van der Waals surface area contributed by atoms with Crippen molar-refractivity contribution in [3.8, 4) is 0 Å². The summed E-state index contributed by atoms with van der Waals surface area (Å²) in [7, 11) is 0. The van der Waals surface area contributed by atoms with Gasteiger partial charge in [0.1, 0.15) is 0 Å². The van der Waals surface area contributed by atoms with Gasteiger partial charge in [-0.2, -0.15) is 0 Å². The van der Waals surface area contributed by atoms with Gasteiger partial charge in [0.15, 0.2) is 5.78 Å². The van der Waals surface area contributed by atoms with Crippen molar-refractivity contribution in [2.75, 3.05) is 5.32 Å². The molecule has 0 saturated carbocycles. The van der Waals surface area contributed by atoms with Gasteiger partial charge in [-0.3, -0.25) is 9.59 Å². The van der Waals surface area contributed by atoms with Crippen LogP contribution in [0.15, 0.2) is 46.3 Å². The maximum Gasteiger partial charge on any atom is 0.248 e. The number of carbonyl (C=O) groups excluding carboxylic acids is 2. The molecule has 0 radical (unpaired) electrons. The molecule has 1 aromatic carbocycles. The number of thiophene rings is 1. The van der Waals surface area contributed by atoms with Crippen LogP contribution in [0.1, 0.15) is 22.2 Å². The van der Waals surface area contributed by atoms with Gasteiger partial charge in [-0.05, 0) is 65.3 Å². The molecule has 0 aliphatic heterocycles. The molecule has 1 aromatic heterocycles. The molecule has 1 amide bonds. The second-order valence-corrected chi connectivity index (χ2v) is 6.59. The molecule has 2 rings (SSSR count). The molecule has 1 heterocycles. The van der Waals surface area contributed by atoms with Crippen molar-refractivity contribution in [2.24, 2.45) is 0 Å². The van der Waals surface area contributed by atoms with Crippen LogP contribution >= 0.6 is 27.3 Å². The number of hydrogen-bond acceptors (Lipinski definition) is 3. The molecule has 3 nitrogen and oxygen atoms in total. The number of carbonyl (C=O) groups is 2. The van der Waals surface area contributed by atoms with Crippen LogP contribution in [0.25, 0.3) is 6.08 Å². The predicted molar refractivity (Wildman–Crippen MR) is 86.1 cm³/mol. The third kappa shape index (κ3) is 4.15. The average molecular weight is 350 g/mol. The SMILES string of the molecule is CC(=O)c1ccc(NC(=O)/C=C/c2ccc(Br)s2)cc1. The Hall–Kier alpha value is -1.72. The molecule has 0 spiro atoms. The number of rotatable bonds is 4. The molecule has 0 atom stereocenters. The average Bonchev–Trinajstić information content (AvgIpc) is 2.83. The van der Waals surface area contributed by atoms with Crippen LogP contribution < -0.4 is 5.32 Å². The van der Waals surface area contributed by atoms with E-state index >= 15 is 0 Å². The number of anilines is 1. The molecule has 0 bridgehead atoms. The standard InChI is InChI=1S/C15H12BrNO2S/c1-10(18)11-2-4-12(5-3-11)17-15(19)9-7-13-6-8-14(16)20-13/h2-9H,1H3,(H,17,19)/b9-7+. The highest BCUT2D eigenvalue weighted by Gasteiger charge is 2.01. The van der Waals surface area contributed by atoms with E-state index in [-0.39, 0.29) is 11.7 Å². The molecule has 5 heteroatoms. The Balaban J connectivity index is 1.97. The van der Waals surface area contributed by atoms with Gasteiger partial charge in [0, 0.05) is 22.2 Å². The summed E-state index contributed by atoms with van der Waals surface area (Å²) >= 11 is 4.92. The molecule has 1 N–H and O–H groups in total. The number of halogens is 1. The summed E-state index contributed by atoms with van der Waals surface area (Å²) in [6.07, 6.45) is 3.24. The van der Waals surface area contributed by atoms with Crippen LogP contribution in [-0.4, -0.2) is 11.7 Å². The molecule has 0 aliphatic carbocycles. The van der Waals surface area contributed by atoms with Gasteiger partial charge in [-0.25, -0.2) is 0 Å². The van der Waals surface area contributed by atoms with Crippen LogP contribution in [0.5, 0.6) is 0 Å². The Labute approximate surface area is 129 Å². The smallest absolute Gasteiger partial charge is 0.248 e. The first-order valence-electron chi connectivity index (χ1n) is 5.90. The van der Waals surface area contributed by atoms with E-state index in [1.165, 1.54) is 13.0 Å². The highest BCUT2D eigenvalue weighted by molar-refractivity contribution is 9.11. The van der Waals surface area contributed by atoms with Gasteiger partial charge < -0.3 is 5.32 Å². The fraction of sp³-hybridized carbons (Fsp3) is 0.0667. The van der Waals surface area contributed by atoms with Crippen molar-refractivity contribution < 1.29 is 9.59 Å². The largest absolute Gasteiger partial charge is 0.323 e. The first-order valence-corrected chi connectivity index (χ1v) is 7.51. The van der Waals surface area contributed by atoms with Gasteiger partial charge in [0.2, 0.25) is 5.91 Å². The predicted octanol–water partition coefficient (Wildman–Crippen LogP) is 4.37. The van der Waals surface area contributed by atoms with Gasteiger partial charge in [0.25, 0.3) is 0 Å². The minimum atomic E-state index is -0.204. The second kappa shape index (κ2) is 6.63. The Morgan fingerprint density at radius 1 is 1.15 bits per heavy atom. The highest BCUT2D eigenvalue weighted by Crippen LogP contribution is 2.23. The lowest BCUT2D eigenvalue weighted by atomic mass is 10.1. The van der Waals surface area contributed by atoms with Crippen LogP contribution in [0.2, 0.25) is 0 Å². The minimum absolute atomic E-state index is 0.00560. The van der Waals surface area contributed by atoms with Crippen molar-refractivity contribution in [1.29, 1.82) is 0 Å². The molecular formula is C15H12BrNO2S. The summed E-state index contributed by atoms with van der Waals surface area (Å²) in [5.74, 6) is -0.198. The van der Waals surface area contributed by atoms with Crippen LogP contribution in [-0.2, 0) is 4.79 Å². The normalized spacial score (nSPS) is 10.7. The van der Waals surface area contributed by atoms with Gasteiger partial charge in [0.05, 0.1) is 3.79 Å². The molecule has 0 aliphatic rings. The summed E-state index contributed by atoms with van der Waals surface area (Å²) in [4.78, 5) is 23.9. The number of nitrogens with one attached hydrogen (secondary N) is 1. The van der Waals surface area contributed by atoms with E-state index in [0.717, 1.165) is 8.66 Å². The summed E-state index contributed by atoms with van der Waals surface area (Å²) in [6, 6.07) is 10.7. The van der Waals surface area contributed by atoms with E-state index in [1.54, 1.807) is 41.7 Å². The van der Waals surface area contributed by atoms with Gasteiger partial charge >= 0.3 is 0 Å². The summed E-state index contributed by atoms with van der Waals surface area (Å²) < 4.78 is 1.03. The minimum Gasteiger partial charge on any atom is -0.323 e. The Morgan fingerprint density at radius 3 is 2.40 bits per heavy atom. The number of amides is 1. The summed E-state index contributed by atoms with van der Waals surface area (Å²) in [5, 5.41) is 2.74. The lowest BCUT2D eigenvalue weighted by Crippen LogP contribution is -2.07. The van der Waals surface area contributed by atoms with Crippen LogP contribution in [0.4, 0.5) is 5.69 Å². The molecule has 0 fully saturated rings. The van der Waals surface area contributed by atoms with Crippen LogP contribution in [0.3, 0.4) is 0 Å². The van der Waals surface area contributed by atoms with E-state index in [9.17, 15) is 9.59 Å². The van der Waals surface area contributed by atoms with Gasteiger partial charge in [-0.1, -0.05) is 0 Å². The Bertz CT molecular complexity index is 659.